The lowest BCUT2D eigenvalue weighted by Gasteiger charge is -2.24. The van der Waals surface area contributed by atoms with Gasteiger partial charge in [0.1, 0.15) is 5.75 Å². The normalized spacial score (nSPS) is 15.3. The van der Waals surface area contributed by atoms with Crippen molar-refractivity contribution in [3.63, 3.8) is 0 Å². The first-order valence-corrected chi connectivity index (χ1v) is 4.26. The minimum absolute atomic E-state index is 0.0152. The van der Waals surface area contributed by atoms with Crippen LogP contribution in [0.15, 0.2) is 24.3 Å². The standard InChI is InChI=1S/C10H15NO2/c1-10(11,6-7-12)8-4-2-3-5-9(8)13/h2-5,12-13H,6-7,11H2,1H3/t10-/m1/s1. The zero-order chi connectivity index (χ0) is 9.90. The maximum atomic E-state index is 9.51. The van der Waals surface area contributed by atoms with Crippen LogP contribution >= 0.6 is 0 Å². The van der Waals surface area contributed by atoms with Crippen LogP contribution in [0.3, 0.4) is 0 Å². The molecule has 0 heterocycles. The number of hydrogen-bond donors (Lipinski definition) is 3. The van der Waals surface area contributed by atoms with Gasteiger partial charge in [0.05, 0.1) is 0 Å². The van der Waals surface area contributed by atoms with Gasteiger partial charge in [-0.15, -0.1) is 0 Å². The monoisotopic (exact) mass is 181 g/mol. The van der Waals surface area contributed by atoms with Crippen molar-refractivity contribution in [3.05, 3.63) is 29.8 Å². The molecule has 0 spiro atoms. The molecule has 1 aromatic rings. The van der Waals surface area contributed by atoms with Crippen molar-refractivity contribution < 1.29 is 10.2 Å². The van der Waals surface area contributed by atoms with Crippen molar-refractivity contribution in [2.24, 2.45) is 5.73 Å². The second-order valence-electron chi connectivity index (χ2n) is 3.41. The Kier molecular flexibility index (Phi) is 2.90. The molecule has 1 aromatic carbocycles. The molecule has 1 rings (SSSR count). The minimum Gasteiger partial charge on any atom is -0.508 e. The summed E-state index contributed by atoms with van der Waals surface area (Å²) in [6.07, 6.45) is 0.435. The average Bonchev–Trinajstić information content (AvgIpc) is 2.04. The van der Waals surface area contributed by atoms with E-state index in [1.54, 1.807) is 25.1 Å². The Morgan fingerprint density at radius 3 is 2.54 bits per heavy atom. The summed E-state index contributed by atoms with van der Waals surface area (Å²) >= 11 is 0. The van der Waals surface area contributed by atoms with Crippen LogP contribution in [0.25, 0.3) is 0 Å². The molecular weight excluding hydrogens is 166 g/mol. The highest BCUT2D eigenvalue weighted by atomic mass is 16.3. The smallest absolute Gasteiger partial charge is 0.120 e. The summed E-state index contributed by atoms with van der Waals surface area (Å²) in [4.78, 5) is 0. The topological polar surface area (TPSA) is 66.5 Å². The van der Waals surface area contributed by atoms with Crippen molar-refractivity contribution in [1.29, 1.82) is 0 Å². The lowest BCUT2D eigenvalue weighted by molar-refractivity contribution is 0.245. The minimum atomic E-state index is -0.667. The molecule has 0 aliphatic heterocycles. The van der Waals surface area contributed by atoms with Gasteiger partial charge in [-0.2, -0.15) is 0 Å². The van der Waals surface area contributed by atoms with E-state index in [2.05, 4.69) is 0 Å². The number of phenolic OH excluding ortho intramolecular Hbond substituents is 1. The van der Waals surface area contributed by atoms with E-state index >= 15 is 0 Å². The van der Waals surface area contributed by atoms with E-state index in [-0.39, 0.29) is 12.4 Å². The molecule has 3 nitrogen and oxygen atoms in total. The molecule has 0 fully saturated rings. The van der Waals surface area contributed by atoms with Gasteiger partial charge in [-0.1, -0.05) is 18.2 Å². The summed E-state index contributed by atoms with van der Waals surface area (Å²) in [7, 11) is 0. The quantitative estimate of drug-likeness (QED) is 0.650. The predicted octanol–water partition coefficient (Wildman–Crippen LogP) is 0.948. The van der Waals surface area contributed by atoms with Gasteiger partial charge in [0.25, 0.3) is 0 Å². The van der Waals surface area contributed by atoms with Crippen LogP contribution in [0.2, 0.25) is 0 Å². The predicted molar refractivity (Wildman–Crippen MR) is 51.3 cm³/mol. The summed E-state index contributed by atoms with van der Waals surface area (Å²) in [6.45, 7) is 1.81. The van der Waals surface area contributed by atoms with E-state index in [0.717, 1.165) is 0 Å². The number of phenols is 1. The van der Waals surface area contributed by atoms with Crippen molar-refractivity contribution in [2.75, 3.05) is 6.61 Å². The third kappa shape index (κ3) is 2.20. The number of aliphatic hydroxyl groups excluding tert-OH is 1. The Morgan fingerprint density at radius 2 is 2.00 bits per heavy atom. The van der Waals surface area contributed by atoms with Crippen LogP contribution in [-0.2, 0) is 5.54 Å². The molecule has 0 aliphatic carbocycles. The molecule has 1 atom stereocenters. The lowest BCUT2D eigenvalue weighted by Crippen LogP contribution is -2.34. The highest BCUT2D eigenvalue weighted by Gasteiger charge is 2.23. The first-order chi connectivity index (χ1) is 6.08. The van der Waals surface area contributed by atoms with E-state index in [0.29, 0.717) is 12.0 Å². The van der Waals surface area contributed by atoms with E-state index in [1.165, 1.54) is 0 Å². The lowest BCUT2D eigenvalue weighted by atomic mass is 9.89. The zero-order valence-electron chi connectivity index (χ0n) is 7.70. The molecule has 3 heteroatoms. The van der Waals surface area contributed by atoms with Gasteiger partial charge in [-0.05, 0) is 19.4 Å². The molecule has 0 amide bonds. The number of aromatic hydroxyl groups is 1. The Balaban J connectivity index is 2.99. The number of aliphatic hydroxyl groups is 1. The summed E-state index contributed by atoms with van der Waals surface area (Å²) < 4.78 is 0. The van der Waals surface area contributed by atoms with Gasteiger partial charge in [-0.25, -0.2) is 0 Å². The number of benzene rings is 1. The first-order valence-electron chi connectivity index (χ1n) is 4.26. The fourth-order valence-electron chi connectivity index (χ4n) is 1.32. The van der Waals surface area contributed by atoms with Gasteiger partial charge in [-0.3, -0.25) is 0 Å². The Bertz CT molecular complexity index is 284. The van der Waals surface area contributed by atoms with Gasteiger partial charge < -0.3 is 15.9 Å². The van der Waals surface area contributed by atoms with E-state index in [9.17, 15) is 5.11 Å². The van der Waals surface area contributed by atoms with E-state index in [1.807, 2.05) is 6.07 Å². The third-order valence-corrected chi connectivity index (χ3v) is 2.15. The zero-order valence-corrected chi connectivity index (χ0v) is 7.70. The Labute approximate surface area is 77.8 Å². The van der Waals surface area contributed by atoms with E-state index in [4.69, 9.17) is 10.8 Å². The molecule has 13 heavy (non-hydrogen) atoms. The van der Waals surface area contributed by atoms with E-state index < -0.39 is 5.54 Å². The van der Waals surface area contributed by atoms with Crippen molar-refractivity contribution >= 4 is 0 Å². The molecule has 0 radical (unpaired) electrons. The summed E-state index contributed by atoms with van der Waals surface area (Å²) in [5.41, 5.74) is 5.93. The summed E-state index contributed by atoms with van der Waals surface area (Å²) in [6, 6.07) is 6.92. The van der Waals surface area contributed by atoms with Gasteiger partial charge in [0.2, 0.25) is 0 Å². The van der Waals surface area contributed by atoms with Crippen LogP contribution in [0.1, 0.15) is 18.9 Å². The molecular formula is C10H15NO2. The largest absolute Gasteiger partial charge is 0.508 e. The molecule has 0 unspecified atom stereocenters. The molecule has 0 saturated carbocycles. The number of hydrogen-bond acceptors (Lipinski definition) is 3. The average molecular weight is 181 g/mol. The SMILES string of the molecule is C[C@@](N)(CCO)c1ccccc1O. The van der Waals surface area contributed by atoms with Crippen molar-refractivity contribution in [3.8, 4) is 5.75 Å². The van der Waals surface area contributed by atoms with Crippen LogP contribution < -0.4 is 5.73 Å². The number of para-hydroxylation sites is 1. The number of nitrogens with two attached hydrogens (primary N) is 1. The molecule has 0 saturated heterocycles. The van der Waals surface area contributed by atoms with Gasteiger partial charge in [0, 0.05) is 17.7 Å². The van der Waals surface area contributed by atoms with Crippen LogP contribution in [0.5, 0.6) is 5.75 Å². The fraction of sp³-hybridized carbons (Fsp3) is 0.400. The molecule has 0 bridgehead atoms. The summed E-state index contributed by atoms with van der Waals surface area (Å²) in [5, 5.41) is 18.3. The van der Waals surface area contributed by atoms with Crippen LogP contribution in [0, 0.1) is 0 Å². The van der Waals surface area contributed by atoms with Crippen LogP contribution in [0.4, 0.5) is 0 Å². The van der Waals surface area contributed by atoms with Gasteiger partial charge in [0.15, 0.2) is 0 Å². The maximum Gasteiger partial charge on any atom is 0.120 e. The van der Waals surface area contributed by atoms with Crippen LogP contribution in [-0.4, -0.2) is 16.8 Å². The highest BCUT2D eigenvalue weighted by molar-refractivity contribution is 5.37. The Hall–Kier alpha value is -1.06. The first kappa shape index (κ1) is 10.0. The second kappa shape index (κ2) is 3.77. The van der Waals surface area contributed by atoms with Crippen molar-refractivity contribution in [2.45, 2.75) is 18.9 Å². The number of rotatable bonds is 3. The summed E-state index contributed by atoms with van der Waals surface area (Å²) in [5.74, 6) is 0.181. The molecule has 0 aliphatic rings. The fourth-order valence-corrected chi connectivity index (χ4v) is 1.32. The van der Waals surface area contributed by atoms with Gasteiger partial charge >= 0.3 is 0 Å². The molecule has 0 aromatic heterocycles. The highest BCUT2D eigenvalue weighted by Crippen LogP contribution is 2.28. The third-order valence-electron chi connectivity index (χ3n) is 2.15. The Morgan fingerprint density at radius 1 is 1.38 bits per heavy atom. The maximum absolute atomic E-state index is 9.51. The molecule has 72 valence electrons. The second-order valence-corrected chi connectivity index (χ2v) is 3.41. The molecule has 4 N–H and O–H groups in total. The van der Waals surface area contributed by atoms with Crippen molar-refractivity contribution in [1.82, 2.24) is 0 Å².